The molecule has 2 N–H and O–H groups in total. The molecule has 0 spiro atoms. The molecule has 0 aromatic heterocycles. The SMILES string of the molecule is Cc1cc(O)cc(CNC(=O)CCl)c1. The van der Waals surface area contributed by atoms with Crippen LogP contribution in [0.4, 0.5) is 0 Å². The smallest absolute Gasteiger partial charge is 0.235 e. The van der Waals surface area contributed by atoms with Crippen LogP contribution in [0.25, 0.3) is 0 Å². The molecule has 1 rings (SSSR count). The van der Waals surface area contributed by atoms with Gasteiger partial charge in [-0.25, -0.2) is 0 Å². The molecule has 14 heavy (non-hydrogen) atoms. The van der Waals surface area contributed by atoms with Crippen LogP contribution in [0.1, 0.15) is 11.1 Å². The van der Waals surface area contributed by atoms with E-state index in [9.17, 15) is 9.90 Å². The molecular formula is C10H12ClNO2. The molecule has 0 fully saturated rings. The van der Waals surface area contributed by atoms with Gasteiger partial charge in [-0.15, -0.1) is 11.6 Å². The van der Waals surface area contributed by atoms with Gasteiger partial charge in [-0.2, -0.15) is 0 Å². The van der Waals surface area contributed by atoms with Gasteiger partial charge in [-0.05, 0) is 30.2 Å². The van der Waals surface area contributed by atoms with Gasteiger partial charge in [-0.1, -0.05) is 6.07 Å². The Kier molecular flexibility index (Phi) is 3.77. The molecule has 0 saturated carbocycles. The number of alkyl halides is 1. The van der Waals surface area contributed by atoms with E-state index in [1.807, 2.05) is 13.0 Å². The Labute approximate surface area is 87.7 Å². The summed E-state index contributed by atoms with van der Waals surface area (Å²) >= 11 is 5.32. The summed E-state index contributed by atoms with van der Waals surface area (Å²) in [5.74, 6) is -0.0505. The molecule has 0 unspecified atom stereocenters. The summed E-state index contributed by atoms with van der Waals surface area (Å²) in [7, 11) is 0. The molecule has 1 amide bonds. The minimum Gasteiger partial charge on any atom is -0.508 e. The zero-order valence-corrected chi connectivity index (χ0v) is 8.64. The number of hydrogen-bond acceptors (Lipinski definition) is 2. The summed E-state index contributed by atoms with van der Waals surface area (Å²) in [5, 5.41) is 11.9. The van der Waals surface area contributed by atoms with Crippen LogP contribution in [0, 0.1) is 6.92 Å². The van der Waals surface area contributed by atoms with Gasteiger partial charge < -0.3 is 10.4 Å². The van der Waals surface area contributed by atoms with E-state index in [4.69, 9.17) is 11.6 Å². The number of phenolic OH excluding ortho intramolecular Hbond substituents is 1. The van der Waals surface area contributed by atoms with Crippen molar-refractivity contribution in [3.05, 3.63) is 29.3 Å². The van der Waals surface area contributed by atoms with Crippen molar-refractivity contribution in [2.24, 2.45) is 0 Å². The first kappa shape index (κ1) is 10.9. The lowest BCUT2D eigenvalue weighted by Gasteiger charge is -2.05. The molecule has 0 atom stereocenters. The molecule has 0 aliphatic heterocycles. The van der Waals surface area contributed by atoms with E-state index >= 15 is 0 Å². The van der Waals surface area contributed by atoms with E-state index in [0.717, 1.165) is 11.1 Å². The highest BCUT2D eigenvalue weighted by Gasteiger charge is 2.00. The van der Waals surface area contributed by atoms with E-state index < -0.39 is 0 Å². The third kappa shape index (κ3) is 3.26. The molecule has 0 bridgehead atoms. The number of carbonyl (C=O) groups excluding carboxylic acids is 1. The highest BCUT2D eigenvalue weighted by atomic mass is 35.5. The minimum absolute atomic E-state index is 0.0439. The van der Waals surface area contributed by atoms with E-state index in [0.29, 0.717) is 6.54 Å². The Morgan fingerprint density at radius 1 is 1.50 bits per heavy atom. The first-order valence-corrected chi connectivity index (χ1v) is 4.77. The van der Waals surface area contributed by atoms with Crippen molar-refractivity contribution in [3.8, 4) is 5.75 Å². The minimum atomic E-state index is -0.215. The van der Waals surface area contributed by atoms with Gasteiger partial charge in [0, 0.05) is 6.54 Å². The van der Waals surface area contributed by atoms with Gasteiger partial charge in [0.1, 0.15) is 11.6 Å². The van der Waals surface area contributed by atoms with Crippen LogP contribution in [0.2, 0.25) is 0 Å². The number of aromatic hydroxyl groups is 1. The first-order valence-electron chi connectivity index (χ1n) is 4.24. The normalized spacial score (nSPS) is 9.86. The van der Waals surface area contributed by atoms with Gasteiger partial charge >= 0.3 is 0 Å². The number of hydrogen-bond donors (Lipinski definition) is 2. The quantitative estimate of drug-likeness (QED) is 0.749. The number of phenols is 1. The summed E-state index contributed by atoms with van der Waals surface area (Å²) in [5.41, 5.74) is 1.82. The maximum Gasteiger partial charge on any atom is 0.235 e. The summed E-state index contributed by atoms with van der Waals surface area (Å²) in [4.78, 5) is 10.8. The lowest BCUT2D eigenvalue weighted by atomic mass is 10.1. The Morgan fingerprint density at radius 2 is 2.21 bits per heavy atom. The highest BCUT2D eigenvalue weighted by Crippen LogP contribution is 2.14. The second-order valence-electron chi connectivity index (χ2n) is 3.09. The van der Waals surface area contributed by atoms with E-state index in [-0.39, 0.29) is 17.5 Å². The van der Waals surface area contributed by atoms with Gasteiger partial charge in [0.05, 0.1) is 0 Å². The third-order valence-corrected chi connectivity index (χ3v) is 1.98. The van der Waals surface area contributed by atoms with E-state index in [2.05, 4.69) is 5.32 Å². The fourth-order valence-corrected chi connectivity index (χ4v) is 1.29. The van der Waals surface area contributed by atoms with Crippen LogP contribution >= 0.6 is 11.6 Å². The van der Waals surface area contributed by atoms with E-state index in [1.165, 1.54) is 0 Å². The van der Waals surface area contributed by atoms with Crippen LogP contribution in [0.5, 0.6) is 5.75 Å². The molecule has 1 aromatic rings. The van der Waals surface area contributed by atoms with Crippen molar-refractivity contribution < 1.29 is 9.90 Å². The maximum absolute atomic E-state index is 10.8. The predicted molar refractivity (Wildman–Crippen MR) is 55.4 cm³/mol. The maximum atomic E-state index is 10.8. The number of amides is 1. The molecule has 0 saturated heterocycles. The lowest BCUT2D eigenvalue weighted by Crippen LogP contribution is -2.23. The van der Waals surface area contributed by atoms with Crippen molar-refractivity contribution >= 4 is 17.5 Å². The average Bonchev–Trinajstić information content (AvgIpc) is 2.12. The first-order chi connectivity index (χ1) is 6.61. The molecule has 76 valence electrons. The second kappa shape index (κ2) is 4.86. The molecule has 3 nitrogen and oxygen atoms in total. The van der Waals surface area contributed by atoms with Gasteiger partial charge in [-0.3, -0.25) is 4.79 Å². The summed E-state index contributed by atoms with van der Waals surface area (Å²) < 4.78 is 0. The number of halogens is 1. The Morgan fingerprint density at radius 3 is 2.79 bits per heavy atom. The van der Waals surface area contributed by atoms with Crippen molar-refractivity contribution in [3.63, 3.8) is 0 Å². The number of rotatable bonds is 3. The molecule has 0 aliphatic carbocycles. The number of carbonyl (C=O) groups is 1. The highest BCUT2D eigenvalue weighted by molar-refractivity contribution is 6.27. The summed E-state index contributed by atoms with van der Waals surface area (Å²) in [6.07, 6.45) is 0. The molecule has 4 heteroatoms. The summed E-state index contributed by atoms with van der Waals surface area (Å²) in [6, 6.07) is 5.17. The topological polar surface area (TPSA) is 49.3 Å². The zero-order chi connectivity index (χ0) is 10.6. The standard InChI is InChI=1S/C10H12ClNO2/c1-7-2-8(4-9(13)3-7)6-12-10(14)5-11/h2-4,13H,5-6H2,1H3,(H,12,14). The van der Waals surface area contributed by atoms with Crippen molar-refractivity contribution in [1.29, 1.82) is 0 Å². The molecule has 0 radical (unpaired) electrons. The van der Waals surface area contributed by atoms with Crippen LogP contribution in [-0.4, -0.2) is 16.9 Å². The molecule has 0 heterocycles. The van der Waals surface area contributed by atoms with Gasteiger partial charge in [0.15, 0.2) is 0 Å². The van der Waals surface area contributed by atoms with Crippen molar-refractivity contribution in [2.45, 2.75) is 13.5 Å². The monoisotopic (exact) mass is 213 g/mol. The van der Waals surface area contributed by atoms with E-state index in [1.54, 1.807) is 12.1 Å². The fourth-order valence-electron chi connectivity index (χ4n) is 1.19. The Hall–Kier alpha value is -1.22. The van der Waals surface area contributed by atoms with Crippen LogP contribution in [-0.2, 0) is 11.3 Å². The lowest BCUT2D eigenvalue weighted by molar-refractivity contribution is -0.118. The molecular weight excluding hydrogens is 202 g/mol. The van der Waals surface area contributed by atoms with Gasteiger partial charge in [0.25, 0.3) is 0 Å². The Balaban J connectivity index is 2.63. The van der Waals surface area contributed by atoms with Crippen LogP contribution in [0.3, 0.4) is 0 Å². The Bertz CT molecular complexity index is 319. The molecule has 0 aliphatic rings. The van der Waals surface area contributed by atoms with Gasteiger partial charge in [0.2, 0.25) is 5.91 Å². The molecule has 1 aromatic carbocycles. The second-order valence-corrected chi connectivity index (χ2v) is 3.35. The number of benzene rings is 1. The number of nitrogens with one attached hydrogen (secondary N) is 1. The predicted octanol–water partition coefficient (Wildman–Crippen LogP) is 1.56. The fraction of sp³-hybridized carbons (Fsp3) is 0.300. The van der Waals surface area contributed by atoms with Crippen molar-refractivity contribution in [2.75, 3.05) is 5.88 Å². The third-order valence-electron chi connectivity index (χ3n) is 1.73. The average molecular weight is 214 g/mol. The number of aryl methyl sites for hydroxylation is 1. The van der Waals surface area contributed by atoms with Crippen molar-refractivity contribution in [1.82, 2.24) is 5.32 Å². The summed E-state index contributed by atoms with van der Waals surface area (Å²) in [6.45, 7) is 2.27. The van der Waals surface area contributed by atoms with Crippen LogP contribution < -0.4 is 5.32 Å². The largest absolute Gasteiger partial charge is 0.508 e. The zero-order valence-electron chi connectivity index (χ0n) is 7.88. The van der Waals surface area contributed by atoms with Crippen LogP contribution in [0.15, 0.2) is 18.2 Å².